The van der Waals surface area contributed by atoms with Crippen molar-refractivity contribution in [2.75, 3.05) is 13.1 Å². The average Bonchev–Trinajstić information content (AvgIpc) is 3.03. The maximum Gasteiger partial charge on any atom is 0.238 e. The van der Waals surface area contributed by atoms with Crippen LogP contribution < -0.4 is 5.32 Å². The van der Waals surface area contributed by atoms with E-state index in [-0.39, 0.29) is 42.0 Å². The number of aliphatic hydroxyl groups excluding tert-OH is 1. The second kappa shape index (κ2) is 5.67. The van der Waals surface area contributed by atoms with Crippen molar-refractivity contribution >= 4 is 29.8 Å². The van der Waals surface area contributed by atoms with Gasteiger partial charge in [-0.05, 0) is 18.4 Å². The average molecular weight is 295 g/mol. The van der Waals surface area contributed by atoms with Gasteiger partial charge in [0, 0.05) is 12.5 Å². The second-order valence-corrected chi connectivity index (χ2v) is 6.30. The van der Waals surface area contributed by atoms with Crippen molar-refractivity contribution in [1.82, 2.24) is 10.2 Å². The molecule has 3 heterocycles. The van der Waals surface area contributed by atoms with E-state index < -0.39 is 6.10 Å². The fourth-order valence-electron chi connectivity index (χ4n) is 2.70. The number of aliphatic imine (C=N–C) groups is 1. The molecule has 0 aromatic rings. The van der Waals surface area contributed by atoms with Gasteiger partial charge in [0.25, 0.3) is 0 Å². The standard InChI is InChI=1S/C13H17N3O3S/c17-8(5-10-11(18)1-3-14-10)6-16-7-15-12-9(13(16)19)2-4-20-12/h2,4,7,9-12,14,18H,1,3,5-6H2/t9?,10-,11+,12?/m0/s1. The zero-order valence-electron chi connectivity index (χ0n) is 10.9. The Bertz CT molecular complexity index is 479. The Morgan fingerprint density at radius 2 is 2.45 bits per heavy atom. The second-order valence-electron chi connectivity index (χ2n) is 5.27. The van der Waals surface area contributed by atoms with Crippen LogP contribution in [0.25, 0.3) is 0 Å². The molecule has 0 aliphatic carbocycles. The monoisotopic (exact) mass is 295 g/mol. The Balaban J connectivity index is 1.57. The van der Waals surface area contributed by atoms with Gasteiger partial charge in [-0.1, -0.05) is 6.08 Å². The molecule has 7 heteroatoms. The molecule has 4 atom stereocenters. The third-order valence-electron chi connectivity index (χ3n) is 3.84. The molecule has 6 nitrogen and oxygen atoms in total. The number of nitrogens with zero attached hydrogens (tertiary/aromatic N) is 2. The van der Waals surface area contributed by atoms with E-state index in [0.717, 1.165) is 6.54 Å². The van der Waals surface area contributed by atoms with E-state index in [1.165, 1.54) is 23.0 Å². The maximum absolute atomic E-state index is 12.2. The lowest BCUT2D eigenvalue weighted by Gasteiger charge is -2.27. The van der Waals surface area contributed by atoms with Crippen molar-refractivity contribution in [3.8, 4) is 0 Å². The number of nitrogens with one attached hydrogen (secondary N) is 1. The number of ketones is 1. The van der Waals surface area contributed by atoms with Crippen LogP contribution >= 0.6 is 11.8 Å². The molecule has 0 bridgehead atoms. The summed E-state index contributed by atoms with van der Waals surface area (Å²) in [6.45, 7) is 0.768. The molecular formula is C13H17N3O3S. The smallest absolute Gasteiger partial charge is 0.238 e. The molecule has 2 N–H and O–H groups in total. The highest BCUT2D eigenvalue weighted by molar-refractivity contribution is 8.03. The number of hydrogen-bond donors (Lipinski definition) is 2. The highest BCUT2D eigenvalue weighted by Gasteiger charge is 2.36. The van der Waals surface area contributed by atoms with Crippen molar-refractivity contribution < 1.29 is 14.7 Å². The summed E-state index contributed by atoms with van der Waals surface area (Å²) < 4.78 is 0. The molecule has 1 amide bonds. The zero-order valence-corrected chi connectivity index (χ0v) is 11.8. The summed E-state index contributed by atoms with van der Waals surface area (Å²) >= 11 is 1.52. The molecular weight excluding hydrogens is 278 g/mol. The number of rotatable bonds is 4. The number of hydrogen-bond acceptors (Lipinski definition) is 6. The predicted molar refractivity (Wildman–Crippen MR) is 76.3 cm³/mol. The number of carbonyl (C=O) groups excluding carboxylic acids is 2. The molecule has 3 aliphatic rings. The van der Waals surface area contributed by atoms with Gasteiger partial charge in [-0.25, -0.2) is 0 Å². The molecule has 1 saturated heterocycles. The minimum Gasteiger partial charge on any atom is -0.391 e. The summed E-state index contributed by atoms with van der Waals surface area (Å²) in [5.41, 5.74) is 0. The first kappa shape index (κ1) is 13.8. The van der Waals surface area contributed by atoms with Crippen LogP contribution in [0.1, 0.15) is 12.8 Å². The van der Waals surface area contributed by atoms with E-state index in [1.807, 2.05) is 11.5 Å². The Labute approximate surface area is 121 Å². The number of Topliss-reactive ketones (excluding diaryl/α,β-unsaturated/α-hetero) is 1. The fourth-order valence-corrected chi connectivity index (χ4v) is 3.62. The van der Waals surface area contributed by atoms with E-state index in [0.29, 0.717) is 6.42 Å². The third-order valence-corrected chi connectivity index (χ3v) is 4.85. The van der Waals surface area contributed by atoms with Gasteiger partial charge >= 0.3 is 0 Å². The van der Waals surface area contributed by atoms with Crippen LogP contribution in [-0.4, -0.2) is 58.6 Å². The zero-order chi connectivity index (χ0) is 14.1. The summed E-state index contributed by atoms with van der Waals surface area (Å²) in [6.07, 6.45) is 3.77. The predicted octanol–water partition coefficient (Wildman–Crippen LogP) is -0.258. The summed E-state index contributed by atoms with van der Waals surface area (Å²) in [4.78, 5) is 29.9. The minimum absolute atomic E-state index is 0.0367. The molecule has 0 aromatic heterocycles. The molecule has 3 aliphatic heterocycles. The first-order valence-corrected chi connectivity index (χ1v) is 7.68. The SMILES string of the molecule is O=C(C[C@@H]1NCC[C@H]1O)CN1C=NC2SC=CC2C1=O. The van der Waals surface area contributed by atoms with Gasteiger partial charge in [0.05, 0.1) is 24.9 Å². The third kappa shape index (κ3) is 2.65. The highest BCUT2D eigenvalue weighted by Crippen LogP contribution is 2.33. The van der Waals surface area contributed by atoms with Crippen molar-refractivity contribution in [2.24, 2.45) is 10.9 Å². The van der Waals surface area contributed by atoms with E-state index >= 15 is 0 Å². The molecule has 0 radical (unpaired) electrons. The number of thioether (sulfide) groups is 1. The lowest BCUT2D eigenvalue weighted by atomic mass is 10.0. The fraction of sp³-hybridized carbons (Fsp3) is 0.615. The Morgan fingerprint density at radius 3 is 3.20 bits per heavy atom. The van der Waals surface area contributed by atoms with Crippen molar-refractivity contribution in [3.63, 3.8) is 0 Å². The van der Waals surface area contributed by atoms with Gasteiger partial charge in [0.1, 0.15) is 5.37 Å². The first-order chi connectivity index (χ1) is 9.65. The molecule has 1 fully saturated rings. The van der Waals surface area contributed by atoms with Crippen molar-refractivity contribution in [3.05, 3.63) is 11.5 Å². The van der Waals surface area contributed by atoms with E-state index in [2.05, 4.69) is 10.3 Å². The van der Waals surface area contributed by atoms with Crippen LogP contribution in [0.4, 0.5) is 0 Å². The topological polar surface area (TPSA) is 82.0 Å². The van der Waals surface area contributed by atoms with Crippen LogP contribution in [0, 0.1) is 5.92 Å². The summed E-state index contributed by atoms with van der Waals surface area (Å²) in [5, 5.41) is 14.6. The minimum atomic E-state index is -0.469. The summed E-state index contributed by atoms with van der Waals surface area (Å²) in [7, 11) is 0. The lowest BCUT2D eigenvalue weighted by molar-refractivity contribution is -0.134. The van der Waals surface area contributed by atoms with Crippen LogP contribution in [-0.2, 0) is 9.59 Å². The van der Waals surface area contributed by atoms with Crippen LogP contribution in [0.3, 0.4) is 0 Å². The normalized spacial score (nSPS) is 35.6. The Morgan fingerprint density at radius 1 is 1.60 bits per heavy atom. The number of amides is 1. The van der Waals surface area contributed by atoms with E-state index in [1.54, 1.807) is 0 Å². The number of fused-ring (bicyclic) bond motifs is 1. The van der Waals surface area contributed by atoms with E-state index in [9.17, 15) is 14.7 Å². The Kier molecular flexibility index (Phi) is 3.91. The molecule has 3 rings (SSSR count). The van der Waals surface area contributed by atoms with Crippen LogP contribution in [0.15, 0.2) is 16.5 Å². The van der Waals surface area contributed by atoms with Crippen LogP contribution in [0.2, 0.25) is 0 Å². The largest absolute Gasteiger partial charge is 0.391 e. The summed E-state index contributed by atoms with van der Waals surface area (Å²) in [5.74, 6) is -0.371. The highest BCUT2D eigenvalue weighted by atomic mass is 32.2. The van der Waals surface area contributed by atoms with Crippen molar-refractivity contribution in [2.45, 2.75) is 30.4 Å². The molecule has 2 unspecified atom stereocenters. The van der Waals surface area contributed by atoms with Gasteiger partial charge in [-0.15, -0.1) is 11.8 Å². The number of aliphatic hydroxyl groups is 1. The molecule has 0 spiro atoms. The molecule has 20 heavy (non-hydrogen) atoms. The van der Waals surface area contributed by atoms with Gasteiger partial charge in [0.15, 0.2) is 5.78 Å². The Hall–Kier alpha value is -1.18. The molecule has 0 saturated carbocycles. The van der Waals surface area contributed by atoms with Gasteiger partial charge in [0.2, 0.25) is 5.91 Å². The number of carbonyl (C=O) groups is 2. The van der Waals surface area contributed by atoms with E-state index in [4.69, 9.17) is 0 Å². The van der Waals surface area contributed by atoms with Crippen molar-refractivity contribution in [1.29, 1.82) is 0 Å². The quantitative estimate of drug-likeness (QED) is 0.747. The lowest BCUT2D eigenvalue weighted by Crippen LogP contribution is -2.45. The summed E-state index contributed by atoms with van der Waals surface area (Å²) in [6, 6.07) is -0.186. The van der Waals surface area contributed by atoms with Gasteiger partial charge < -0.3 is 10.4 Å². The van der Waals surface area contributed by atoms with Gasteiger partial charge in [-0.3, -0.25) is 19.5 Å². The van der Waals surface area contributed by atoms with Gasteiger partial charge in [-0.2, -0.15) is 0 Å². The molecule has 108 valence electrons. The van der Waals surface area contributed by atoms with Crippen LogP contribution in [0.5, 0.6) is 0 Å². The first-order valence-electron chi connectivity index (χ1n) is 6.74. The molecule has 0 aromatic carbocycles. The maximum atomic E-state index is 12.2.